The summed E-state index contributed by atoms with van der Waals surface area (Å²) in [5.41, 5.74) is 1.11. The van der Waals surface area contributed by atoms with Crippen LogP contribution in [0.25, 0.3) is 0 Å². The van der Waals surface area contributed by atoms with E-state index < -0.39 is 0 Å². The van der Waals surface area contributed by atoms with E-state index in [0.717, 1.165) is 0 Å². The van der Waals surface area contributed by atoms with Crippen molar-refractivity contribution in [1.82, 2.24) is 15.2 Å². The van der Waals surface area contributed by atoms with E-state index in [1.54, 1.807) is 6.92 Å². The number of aromatic nitrogens is 3. The first kappa shape index (κ1) is 11.9. The number of nitrogens with one attached hydrogen (secondary N) is 2. The molecule has 0 radical (unpaired) electrons. The van der Waals surface area contributed by atoms with Crippen LogP contribution in [0.4, 0.5) is 5.95 Å². The van der Waals surface area contributed by atoms with E-state index in [-0.39, 0.29) is 23.6 Å². The number of phenols is 1. The first-order valence-corrected chi connectivity index (χ1v) is 5.17. The fourth-order valence-electron chi connectivity index (χ4n) is 1.47. The summed E-state index contributed by atoms with van der Waals surface area (Å²) in [5, 5.41) is 18.0. The highest BCUT2D eigenvalue weighted by Crippen LogP contribution is 2.16. The Morgan fingerprint density at radius 1 is 1.50 bits per heavy atom. The van der Waals surface area contributed by atoms with Gasteiger partial charge in [0.05, 0.1) is 7.11 Å². The fraction of sp³-hybridized carbons (Fsp3) is 0.182. The second kappa shape index (κ2) is 4.74. The Morgan fingerprint density at radius 3 is 2.89 bits per heavy atom. The van der Waals surface area contributed by atoms with Gasteiger partial charge in [-0.3, -0.25) is 10.1 Å². The molecule has 0 saturated carbocycles. The molecule has 0 aliphatic rings. The smallest absolute Gasteiger partial charge is 0.336 e. The van der Waals surface area contributed by atoms with Crippen LogP contribution in [0, 0.1) is 6.92 Å². The molecule has 1 amide bonds. The zero-order valence-electron chi connectivity index (χ0n) is 9.89. The topological polar surface area (TPSA) is 100 Å². The van der Waals surface area contributed by atoms with Gasteiger partial charge in [0.1, 0.15) is 5.75 Å². The maximum absolute atomic E-state index is 11.9. The standard InChI is InChI=1S/C11H12N4O3/c1-6-5-7(16)3-4-8(6)9(17)12-10-13-11(18-2)15-14-10/h3-5,16H,1-2H3,(H2,12,13,14,15,17). The molecule has 0 aliphatic carbocycles. The van der Waals surface area contributed by atoms with Gasteiger partial charge in [0, 0.05) is 5.56 Å². The number of anilines is 1. The minimum absolute atomic E-state index is 0.116. The Hall–Kier alpha value is -2.57. The molecule has 0 aliphatic heterocycles. The van der Waals surface area contributed by atoms with Crippen molar-refractivity contribution in [2.45, 2.75) is 6.92 Å². The molecule has 0 unspecified atom stereocenters. The highest BCUT2D eigenvalue weighted by Gasteiger charge is 2.12. The molecule has 1 heterocycles. The van der Waals surface area contributed by atoms with E-state index in [1.165, 1.54) is 25.3 Å². The van der Waals surface area contributed by atoms with Crippen LogP contribution in [-0.4, -0.2) is 33.3 Å². The highest BCUT2D eigenvalue weighted by molar-refractivity contribution is 6.04. The van der Waals surface area contributed by atoms with Crippen LogP contribution in [0.3, 0.4) is 0 Å². The number of H-pyrrole nitrogens is 1. The van der Waals surface area contributed by atoms with Crippen LogP contribution in [0.2, 0.25) is 0 Å². The lowest BCUT2D eigenvalue weighted by molar-refractivity contribution is 0.102. The molecule has 2 aromatic rings. The Labute approximate surface area is 103 Å². The van der Waals surface area contributed by atoms with Crippen molar-refractivity contribution in [3.8, 4) is 11.8 Å². The summed E-state index contributed by atoms with van der Waals surface area (Å²) in [6.45, 7) is 1.73. The number of carbonyl (C=O) groups excluding carboxylic acids is 1. The molecular weight excluding hydrogens is 236 g/mol. The van der Waals surface area contributed by atoms with Crippen molar-refractivity contribution >= 4 is 11.9 Å². The number of aromatic amines is 1. The number of ether oxygens (including phenoxy) is 1. The Bertz CT molecular complexity index is 579. The number of methoxy groups -OCH3 is 1. The number of hydrogen-bond donors (Lipinski definition) is 3. The molecule has 7 heteroatoms. The third-order valence-corrected chi connectivity index (χ3v) is 2.33. The molecule has 1 aromatic heterocycles. The number of benzene rings is 1. The molecule has 0 spiro atoms. The van der Waals surface area contributed by atoms with Crippen LogP contribution >= 0.6 is 0 Å². The normalized spacial score (nSPS) is 10.1. The lowest BCUT2D eigenvalue weighted by Gasteiger charge is -2.05. The summed E-state index contributed by atoms with van der Waals surface area (Å²) in [6.07, 6.45) is 0. The minimum Gasteiger partial charge on any atom is -0.508 e. The first-order chi connectivity index (χ1) is 8.60. The van der Waals surface area contributed by atoms with Crippen molar-refractivity contribution in [2.24, 2.45) is 0 Å². The summed E-state index contributed by atoms with van der Waals surface area (Å²) in [6, 6.07) is 4.64. The molecule has 18 heavy (non-hydrogen) atoms. The van der Waals surface area contributed by atoms with Crippen LogP contribution in [0.5, 0.6) is 11.8 Å². The number of rotatable bonds is 3. The van der Waals surface area contributed by atoms with E-state index in [4.69, 9.17) is 4.74 Å². The van der Waals surface area contributed by atoms with Crippen molar-refractivity contribution in [3.63, 3.8) is 0 Å². The van der Waals surface area contributed by atoms with Gasteiger partial charge in [-0.15, -0.1) is 5.10 Å². The van der Waals surface area contributed by atoms with Crippen molar-refractivity contribution < 1.29 is 14.6 Å². The van der Waals surface area contributed by atoms with Crippen molar-refractivity contribution in [2.75, 3.05) is 12.4 Å². The van der Waals surface area contributed by atoms with Crippen LogP contribution in [0.1, 0.15) is 15.9 Å². The van der Waals surface area contributed by atoms with Gasteiger partial charge in [0.15, 0.2) is 0 Å². The molecule has 0 atom stereocenters. The average Bonchev–Trinajstić information content (AvgIpc) is 2.76. The van der Waals surface area contributed by atoms with Crippen molar-refractivity contribution in [3.05, 3.63) is 29.3 Å². The third-order valence-electron chi connectivity index (χ3n) is 2.33. The maximum Gasteiger partial charge on any atom is 0.336 e. The third kappa shape index (κ3) is 2.40. The molecule has 0 saturated heterocycles. The summed E-state index contributed by atoms with van der Waals surface area (Å²) >= 11 is 0. The summed E-state index contributed by atoms with van der Waals surface area (Å²) in [5.74, 6) is -0.0268. The summed E-state index contributed by atoms with van der Waals surface area (Å²) in [4.78, 5) is 15.8. The Morgan fingerprint density at radius 2 is 2.28 bits per heavy atom. The van der Waals surface area contributed by atoms with Crippen LogP contribution < -0.4 is 10.1 Å². The number of hydrogen-bond acceptors (Lipinski definition) is 5. The van der Waals surface area contributed by atoms with E-state index in [2.05, 4.69) is 20.5 Å². The predicted molar refractivity (Wildman–Crippen MR) is 63.7 cm³/mol. The predicted octanol–water partition coefficient (Wildman–Crippen LogP) is 1.08. The molecule has 0 bridgehead atoms. The van der Waals surface area contributed by atoms with Gasteiger partial charge >= 0.3 is 6.01 Å². The van der Waals surface area contributed by atoms with E-state index in [1.807, 2.05) is 0 Å². The number of aryl methyl sites for hydroxylation is 1. The SMILES string of the molecule is COc1n[nH]c(NC(=O)c2ccc(O)cc2C)n1. The number of aromatic hydroxyl groups is 1. The first-order valence-electron chi connectivity index (χ1n) is 5.17. The van der Waals surface area contributed by atoms with Gasteiger partial charge in [-0.25, -0.2) is 5.10 Å². The summed E-state index contributed by atoms with van der Waals surface area (Å²) < 4.78 is 4.78. The van der Waals surface area contributed by atoms with Gasteiger partial charge < -0.3 is 9.84 Å². The lowest BCUT2D eigenvalue weighted by atomic mass is 10.1. The Balaban J connectivity index is 2.16. The molecule has 2 rings (SSSR count). The van der Waals surface area contributed by atoms with Crippen molar-refractivity contribution in [1.29, 1.82) is 0 Å². The second-order valence-corrected chi connectivity index (χ2v) is 3.62. The van der Waals surface area contributed by atoms with Gasteiger partial charge in [-0.05, 0) is 30.7 Å². The number of amides is 1. The molecule has 1 aromatic carbocycles. The fourth-order valence-corrected chi connectivity index (χ4v) is 1.47. The molecular formula is C11H12N4O3. The number of phenolic OH excluding ortho intramolecular Hbond substituents is 1. The molecule has 94 valence electrons. The molecule has 3 N–H and O–H groups in total. The monoisotopic (exact) mass is 248 g/mol. The van der Waals surface area contributed by atoms with Crippen LogP contribution in [0.15, 0.2) is 18.2 Å². The Kier molecular flexibility index (Phi) is 3.13. The quantitative estimate of drug-likeness (QED) is 0.754. The number of nitrogens with zero attached hydrogens (tertiary/aromatic N) is 2. The van der Waals surface area contributed by atoms with E-state index in [9.17, 15) is 9.90 Å². The highest BCUT2D eigenvalue weighted by atomic mass is 16.5. The van der Waals surface area contributed by atoms with E-state index in [0.29, 0.717) is 11.1 Å². The second-order valence-electron chi connectivity index (χ2n) is 3.62. The molecule has 0 fully saturated rings. The summed E-state index contributed by atoms with van der Waals surface area (Å²) in [7, 11) is 1.43. The van der Waals surface area contributed by atoms with Gasteiger partial charge in [-0.2, -0.15) is 4.98 Å². The largest absolute Gasteiger partial charge is 0.508 e. The lowest BCUT2D eigenvalue weighted by Crippen LogP contribution is -2.14. The van der Waals surface area contributed by atoms with Gasteiger partial charge in [0.2, 0.25) is 5.95 Å². The zero-order valence-corrected chi connectivity index (χ0v) is 9.89. The van der Waals surface area contributed by atoms with Crippen LogP contribution in [-0.2, 0) is 0 Å². The van der Waals surface area contributed by atoms with E-state index >= 15 is 0 Å². The molecule has 7 nitrogen and oxygen atoms in total. The minimum atomic E-state index is -0.341. The van der Waals surface area contributed by atoms with Gasteiger partial charge in [0.25, 0.3) is 5.91 Å². The zero-order chi connectivity index (χ0) is 13.1. The maximum atomic E-state index is 11.9. The van der Waals surface area contributed by atoms with Gasteiger partial charge in [-0.1, -0.05) is 0 Å². The number of carbonyl (C=O) groups is 1. The average molecular weight is 248 g/mol.